The van der Waals surface area contributed by atoms with E-state index in [-0.39, 0.29) is 10.9 Å². The summed E-state index contributed by atoms with van der Waals surface area (Å²) in [5.41, 5.74) is 2.79. The molecular weight excluding hydrogens is 404 g/mol. The molecule has 0 spiro atoms. The molecule has 3 N–H and O–H groups in total. The topological polar surface area (TPSA) is 95.6 Å². The average molecular weight is 422 g/mol. The number of aromatic nitrogens is 2. The maximum atomic E-state index is 13.5. The summed E-state index contributed by atoms with van der Waals surface area (Å²) in [7, 11) is 0. The Kier molecular flexibility index (Phi) is 4.60. The van der Waals surface area contributed by atoms with Gasteiger partial charge in [0.1, 0.15) is 11.2 Å². The fourth-order valence-corrected chi connectivity index (χ4v) is 3.76. The zero-order chi connectivity index (χ0) is 22.2. The van der Waals surface area contributed by atoms with Gasteiger partial charge in [-0.1, -0.05) is 72.8 Å². The standard InChI is InChI=1S/C26H18N2O4/c29-21-15-20-22(24(31)23(21)30)26(32)28(25(27-20)18-9-5-2-6-10-18)19-13-11-17(12-14-19)16-7-3-1-4-8-16/h1-15,29-31H. The number of rotatable bonds is 3. The Balaban J connectivity index is 1.79. The van der Waals surface area contributed by atoms with Crippen molar-refractivity contribution < 1.29 is 15.3 Å². The van der Waals surface area contributed by atoms with E-state index in [1.54, 1.807) is 12.1 Å². The number of phenols is 3. The van der Waals surface area contributed by atoms with E-state index in [0.717, 1.165) is 11.1 Å². The minimum Gasteiger partial charge on any atom is -0.504 e. The van der Waals surface area contributed by atoms with Crippen molar-refractivity contribution in [2.24, 2.45) is 0 Å². The van der Waals surface area contributed by atoms with Crippen LogP contribution in [0.4, 0.5) is 0 Å². The van der Waals surface area contributed by atoms with E-state index in [1.165, 1.54) is 10.6 Å². The highest BCUT2D eigenvalue weighted by Crippen LogP contribution is 2.39. The SMILES string of the molecule is O=c1c2c(O)c(O)c(O)cc2nc(-c2ccccc2)n1-c1ccc(-c2ccccc2)cc1. The molecule has 0 amide bonds. The minimum atomic E-state index is -0.755. The van der Waals surface area contributed by atoms with Crippen molar-refractivity contribution in [1.29, 1.82) is 0 Å². The highest BCUT2D eigenvalue weighted by atomic mass is 16.3. The van der Waals surface area contributed by atoms with Gasteiger partial charge in [0.25, 0.3) is 5.56 Å². The molecule has 0 aliphatic rings. The molecule has 32 heavy (non-hydrogen) atoms. The third-order valence-corrected chi connectivity index (χ3v) is 5.35. The lowest BCUT2D eigenvalue weighted by Crippen LogP contribution is -2.22. The zero-order valence-electron chi connectivity index (χ0n) is 16.8. The molecule has 0 saturated carbocycles. The van der Waals surface area contributed by atoms with Gasteiger partial charge in [0.15, 0.2) is 11.5 Å². The quantitative estimate of drug-likeness (QED) is 0.362. The molecule has 5 rings (SSSR count). The second-order valence-corrected chi connectivity index (χ2v) is 7.34. The average Bonchev–Trinajstić information content (AvgIpc) is 2.83. The summed E-state index contributed by atoms with van der Waals surface area (Å²) < 4.78 is 1.39. The van der Waals surface area contributed by atoms with Crippen molar-refractivity contribution in [2.75, 3.05) is 0 Å². The summed E-state index contributed by atoms with van der Waals surface area (Å²) in [6.45, 7) is 0. The van der Waals surface area contributed by atoms with Crippen molar-refractivity contribution in [3.05, 3.63) is 101 Å². The van der Waals surface area contributed by atoms with Crippen molar-refractivity contribution in [1.82, 2.24) is 9.55 Å². The highest BCUT2D eigenvalue weighted by molar-refractivity contribution is 5.90. The van der Waals surface area contributed by atoms with E-state index in [2.05, 4.69) is 4.98 Å². The van der Waals surface area contributed by atoms with Crippen LogP contribution in [-0.4, -0.2) is 24.9 Å². The van der Waals surface area contributed by atoms with Gasteiger partial charge in [-0.15, -0.1) is 0 Å². The molecule has 1 aromatic heterocycles. The number of benzene rings is 4. The zero-order valence-corrected chi connectivity index (χ0v) is 16.8. The maximum absolute atomic E-state index is 13.5. The second-order valence-electron chi connectivity index (χ2n) is 7.34. The molecule has 0 fully saturated rings. The summed E-state index contributed by atoms with van der Waals surface area (Å²) in [6.07, 6.45) is 0. The van der Waals surface area contributed by atoms with Gasteiger partial charge in [-0.05, 0) is 23.3 Å². The van der Waals surface area contributed by atoms with Crippen LogP contribution in [-0.2, 0) is 0 Å². The van der Waals surface area contributed by atoms with Crippen LogP contribution in [0.3, 0.4) is 0 Å². The second kappa shape index (κ2) is 7.59. The van der Waals surface area contributed by atoms with E-state index in [9.17, 15) is 20.1 Å². The molecule has 4 aromatic carbocycles. The van der Waals surface area contributed by atoms with Gasteiger partial charge in [-0.25, -0.2) is 4.98 Å². The summed E-state index contributed by atoms with van der Waals surface area (Å²) in [5, 5.41) is 30.1. The molecule has 0 unspecified atom stereocenters. The molecule has 0 bridgehead atoms. The van der Waals surface area contributed by atoms with Crippen LogP contribution in [0.5, 0.6) is 17.2 Å². The van der Waals surface area contributed by atoms with Gasteiger partial charge < -0.3 is 15.3 Å². The molecular formula is C26H18N2O4. The lowest BCUT2D eigenvalue weighted by molar-refractivity contribution is 0.371. The summed E-state index contributed by atoms with van der Waals surface area (Å²) >= 11 is 0. The molecule has 0 radical (unpaired) electrons. The van der Waals surface area contributed by atoms with Gasteiger partial charge in [-0.2, -0.15) is 0 Å². The predicted octanol–water partition coefficient (Wildman–Crippen LogP) is 4.84. The summed E-state index contributed by atoms with van der Waals surface area (Å²) in [5.74, 6) is -1.66. The Bertz CT molecular complexity index is 1490. The minimum absolute atomic E-state index is 0.0822. The number of phenolic OH excluding ortho intramolecular Hbond substituents is 3. The highest BCUT2D eigenvalue weighted by Gasteiger charge is 2.21. The molecule has 0 saturated heterocycles. The first-order valence-electron chi connectivity index (χ1n) is 9.96. The van der Waals surface area contributed by atoms with E-state index in [1.807, 2.05) is 72.8 Å². The van der Waals surface area contributed by atoms with Gasteiger partial charge in [0, 0.05) is 11.6 Å². The normalized spacial score (nSPS) is 11.0. The van der Waals surface area contributed by atoms with Crippen LogP contribution < -0.4 is 5.56 Å². The first kappa shape index (κ1) is 19.4. The third-order valence-electron chi connectivity index (χ3n) is 5.35. The molecule has 0 atom stereocenters. The van der Waals surface area contributed by atoms with Gasteiger partial charge in [0.2, 0.25) is 5.75 Å². The molecule has 156 valence electrons. The predicted molar refractivity (Wildman–Crippen MR) is 123 cm³/mol. The van der Waals surface area contributed by atoms with E-state index in [4.69, 9.17) is 0 Å². The monoisotopic (exact) mass is 422 g/mol. The van der Waals surface area contributed by atoms with Crippen molar-refractivity contribution >= 4 is 10.9 Å². The van der Waals surface area contributed by atoms with Crippen LogP contribution in [0.15, 0.2) is 95.8 Å². The number of fused-ring (bicyclic) bond motifs is 1. The fraction of sp³-hybridized carbons (Fsp3) is 0. The maximum Gasteiger partial charge on any atom is 0.270 e. The molecule has 5 aromatic rings. The number of aromatic hydroxyl groups is 3. The fourth-order valence-electron chi connectivity index (χ4n) is 3.76. The lowest BCUT2D eigenvalue weighted by atomic mass is 10.1. The van der Waals surface area contributed by atoms with Gasteiger partial charge in [0.05, 0.1) is 11.2 Å². The largest absolute Gasteiger partial charge is 0.504 e. The van der Waals surface area contributed by atoms with Gasteiger partial charge in [-0.3, -0.25) is 9.36 Å². The van der Waals surface area contributed by atoms with E-state index in [0.29, 0.717) is 17.1 Å². The Morgan fingerprint density at radius 2 is 1.22 bits per heavy atom. The van der Waals surface area contributed by atoms with Crippen LogP contribution in [0.1, 0.15) is 0 Å². The molecule has 1 heterocycles. The Morgan fingerprint density at radius 3 is 1.84 bits per heavy atom. The van der Waals surface area contributed by atoms with E-state index >= 15 is 0 Å². The Morgan fingerprint density at radius 1 is 0.656 bits per heavy atom. The molecule has 0 aliphatic carbocycles. The van der Waals surface area contributed by atoms with Gasteiger partial charge >= 0.3 is 0 Å². The summed E-state index contributed by atoms with van der Waals surface area (Å²) in [6, 6.07) is 27.6. The Hall–Kier alpha value is -4.58. The molecule has 0 aliphatic heterocycles. The van der Waals surface area contributed by atoms with Crippen LogP contribution >= 0.6 is 0 Å². The van der Waals surface area contributed by atoms with Crippen LogP contribution in [0.2, 0.25) is 0 Å². The molecule has 6 nitrogen and oxygen atoms in total. The van der Waals surface area contributed by atoms with Crippen molar-refractivity contribution in [3.8, 4) is 45.5 Å². The first-order chi connectivity index (χ1) is 15.5. The van der Waals surface area contributed by atoms with Crippen LogP contribution in [0.25, 0.3) is 39.1 Å². The van der Waals surface area contributed by atoms with E-state index < -0.39 is 22.8 Å². The Labute approximate surface area is 182 Å². The first-order valence-corrected chi connectivity index (χ1v) is 9.96. The lowest BCUT2D eigenvalue weighted by Gasteiger charge is -2.15. The van der Waals surface area contributed by atoms with Crippen molar-refractivity contribution in [3.63, 3.8) is 0 Å². The number of nitrogens with zero attached hydrogens (tertiary/aromatic N) is 2. The number of hydrogen-bond donors (Lipinski definition) is 3. The summed E-state index contributed by atoms with van der Waals surface area (Å²) in [4.78, 5) is 18.1. The smallest absolute Gasteiger partial charge is 0.270 e. The van der Waals surface area contributed by atoms with Crippen molar-refractivity contribution in [2.45, 2.75) is 0 Å². The third kappa shape index (κ3) is 3.15. The molecule has 6 heteroatoms. The number of hydrogen-bond acceptors (Lipinski definition) is 5. The van der Waals surface area contributed by atoms with Crippen LogP contribution in [0, 0.1) is 0 Å².